The van der Waals surface area contributed by atoms with Crippen LogP contribution in [0.3, 0.4) is 0 Å². The SMILES string of the molecule is Fc1c(F)c(F)c([B-](c2c(F)c(F)c(F)c(F)c2F)(c2c(F)c(F)c(F)c(F)c2F)c2c(F)c(F)c(F)c(F)c2F)c(F)c1F.c1ccc(C[n+]2c(C3CCCCC3)sc3ccccc32)cc1. The van der Waals surface area contributed by atoms with Crippen LogP contribution in [0.2, 0.25) is 0 Å². The molecule has 1 saturated carbocycles. The average molecular weight is 988 g/mol. The molecule has 0 saturated heterocycles. The quantitative estimate of drug-likeness (QED) is 0.0493. The number of fused-ring (bicyclic) bond motifs is 1. The number of rotatable bonds is 7. The van der Waals surface area contributed by atoms with Crippen molar-refractivity contribution in [2.45, 2.75) is 44.6 Å². The summed E-state index contributed by atoms with van der Waals surface area (Å²) in [6.45, 7) is 0.997. The normalized spacial score (nSPS) is 13.4. The van der Waals surface area contributed by atoms with Gasteiger partial charge in [0.05, 0.1) is 5.92 Å². The van der Waals surface area contributed by atoms with Gasteiger partial charge >= 0.3 is 0 Å². The molecule has 0 unspecified atom stereocenters. The lowest BCUT2D eigenvalue weighted by Crippen LogP contribution is -2.81. The summed E-state index contributed by atoms with van der Waals surface area (Å²) in [6, 6.07) is 19.7. The Morgan fingerprint density at radius 1 is 0.373 bits per heavy atom. The Morgan fingerprint density at radius 3 is 1.01 bits per heavy atom. The van der Waals surface area contributed by atoms with Crippen LogP contribution in [0.4, 0.5) is 87.8 Å². The van der Waals surface area contributed by atoms with Crippen molar-refractivity contribution in [3.05, 3.63) is 182 Å². The maximum Gasteiger partial charge on any atom is 0.241 e. The zero-order chi connectivity index (χ0) is 49.1. The molecule has 23 heteroatoms. The minimum atomic E-state index is -7.22. The van der Waals surface area contributed by atoms with Crippen LogP contribution >= 0.6 is 11.3 Å². The second kappa shape index (κ2) is 18.5. The van der Waals surface area contributed by atoms with E-state index >= 15 is 35.1 Å². The van der Waals surface area contributed by atoms with Crippen molar-refractivity contribution >= 4 is 49.6 Å². The summed E-state index contributed by atoms with van der Waals surface area (Å²) >= 11 is 2.01. The van der Waals surface area contributed by atoms with Crippen LogP contribution in [-0.4, -0.2) is 6.15 Å². The first-order valence-corrected chi connectivity index (χ1v) is 20.1. The number of hydrogen-bond donors (Lipinski definition) is 0. The molecule has 0 atom stereocenters. The zero-order valence-corrected chi connectivity index (χ0v) is 33.8. The van der Waals surface area contributed by atoms with E-state index in [1.54, 1.807) is 5.01 Å². The van der Waals surface area contributed by atoms with E-state index in [-0.39, 0.29) is 0 Å². The molecule has 352 valence electrons. The Kier molecular flexibility index (Phi) is 13.5. The standard InChI is InChI=1S/C24BF20.C20H22NS/c26-5-1(6(27)14(35)21(42)13(5)34)25(2-7(28)15(36)22(43)16(37)8(2)29,3-9(30)17(38)23(44)18(39)10(3)31)4-11(32)19(40)24(45)20(41)12(4)33;1-3-9-16(10-4-1)15-21-18-13-7-8-14-19(18)22-20(21)17-11-5-2-6-12-17/h;1,3-4,7-10,13-14,17H,2,5-6,11-12,15H2/q-1;+1. The maximum absolute atomic E-state index is 15.4. The van der Waals surface area contributed by atoms with Crippen molar-refractivity contribution < 1.29 is 92.4 Å². The van der Waals surface area contributed by atoms with E-state index in [9.17, 15) is 52.7 Å². The number of nitrogens with zero attached hydrogens (tertiary/aromatic N) is 1. The topological polar surface area (TPSA) is 3.88 Å². The fourth-order valence-corrected chi connectivity index (χ4v) is 9.84. The molecule has 0 aliphatic heterocycles. The molecule has 0 spiro atoms. The van der Waals surface area contributed by atoms with Gasteiger partial charge in [0.2, 0.25) is 10.5 Å². The Hall–Kier alpha value is -6.13. The van der Waals surface area contributed by atoms with E-state index < -0.39 is 144 Å². The third-order valence-electron chi connectivity index (χ3n) is 11.5. The van der Waals surface area contributed by atoms with Crippen molar-refractivity contribution in [3.8, 4) is 0 Å². The molecule has 7 aromatic rings. The first-order chi connectivity index (χ1) is 31.6. The van der Waals surface area contributed by atoms with Crippen LogP contribution in [0.1, 0.15) is 48.6 Å². The van der Waals surface area contributed by atoms with Crippen LogP contribution in [-0.2, 0) is 6.54 Å². The Balaban J connectivity index is 0.000000250. The number of thiazole rings is 1. The molecular formula is C44H22BF20NS. The Morgan fingerprint density at radius 2 is 0.672 bits per heavy atom. The molecular weight excluding hydrogens is 965 g/mol. The molecule has 6 aromatic carbocycles. The highest BCUT2D eigenvalue weighted by Gasteiger charge is 2.52. The van der Waals surface area contributed by atoms with Crippen molar-refractivity contribution in [2.24, 2.45) is 0 Å². The van der Waals surface area contributed by atoms with Crippen molar-refractivity contribution in [1.29, 1.82) is 0 Å². The van der Waals surface area contributed by atoms with E-state index in [1.165, 1.54) is 47.9 Å². The lowest BCUT2D eigenvalue weighted by Gasteiger charge is -2.44. The van der Waals surface area contributed by atoms with Gasteiger partial charge in [0.15, 0.2) is 76.4 Å². The fraction of sp³-hybridized carbons (Fsp3) is 0.159. The smallest absolute Gasteiger partial charge is 0.207 e. The van der Waals surface area contributed by atoms with Crippen LogP contribution in [0.25, 0.3) is 10.2 Å². The second-order valence-electron chi connectivity index (χ2n) is 15.1. The van der Waals surface area contributed by atoms with Gasteiger partial charge in [-0.2, -0.15) is 4.57 Å². The Bertz CT molecular complexity index is 2720. The summed E-state index contributed by atoms with van der Waals surface area (Å²) in [6.07, 6.45) is -0.289. The first kappa shape index (κ1) is 48.8. The molecule has 1 aliphatic carbocycles. The highest BCUT2D eigenvalue weighted by atomic mass is 32.1. The summed E-state index contributed by atoms with van der Waals surface area (Å²) in [5, 5.41) is 1.59. The molecule has 1 aromatic heterocycles. The maximum atomic E-state index is 15.4. The van der Waals surface area contributed by atoms with E-state index in [2.05, 4.69) is 59.2 Å². The molecule has 67 heavy (non-hydrogen) atoms. The number of halogens is 20. The van der Waals surface area contributed by atoms with Crippen LogP contribution in [0.5, 0.6) is 0 Å². The van der Waals surface area contributed by atoms with E-state index in [4.69, 9.17) is 0 Å². The highest BCUT2D eigenvalue weighted by molar-refractivity contribution is 7.20. The van der Waals surface area contributed by atoms with Crippen LogP contribution < -0.4 is 26.4 Å². The summed E-state index contributed by atoms with van der Waals surface area (Å²) in [4.78, 5) is 0. The lowest BCUT2D eigenvalue weighted by molar-refractivity contribution is -0.667. The van der Waals surface area contributed by atoms with Gasteiger partial charge in [-0.1, -0.05) is 73.1 Å². The third-order valence-corrected chi connectivity index (χ3v) is 12.8. The van der Waals surface area contributed by atoms with Gasteiger partial charge in [-0.05, 0) is 18.9 Å². The van der Waals surface area contributed by atoms with Crippen molar-refractivity contribution in [1.82, 2.24) is 0 Å². The molecule has 1 fully saturated rings. The van der Waals surface area contributed by atoms with Gasteiger partial charge < -0.3 is 0 Å². The largest absolute Gasteiger partial charge is 0.241 e. The van der Waals surface area contributed by atoms with E-state index in [1.807, 2.05) is 11.3 Å². The third kappa shape index (κ3) is 7.75. The van der Waals surface area contributed by atoms with Gasteiger partial charge in [-0.15, -0.1) is 21.9 Å². The average Bonchev–Trinajstić information content (AvgIpc) is 3.70. The summed E-state index contributed by atoms with van der Waals surface area (Å²) in [5.41, 5.74) is -11.5. The van der Waals surface area contributed by atoms with Gasteiger partial charge in [0.25, 0.3) is 0 Å². The van der Waals surface area contributed by atoms with Crippen LogP contribution in [0, 0.1) is 116 Å². The van der Waals surface area contributed by atoms with E-state index in [0.29, 0.717) is 0 Å². The summed E-state index contributed by atoms with van der Waals surface area (Å²) in [7, 11) is 0. The second-order valence-corrected chi connectivity index (χ2v) is 16.2. The summed E-state index contributed by atoms with van der Waals surface area (Å²) < 4.78 is 298. The van der Waals surface area contributed by atoms with Gasteiger partial charge in [0, 0.05) is 11.6 Å². The van der Waals surface area contributed by atoms with Gasteiger partial charge in [-0.3, -0.25) is 0 Å². The minimum Gasteiger partial charge on any atom is -0.207 e. The molecule has 0 N–H and O–H groups in total. The molecule has 0 radical (unpaired) electrons. The number of hydrogen-bond acceptors (Lipinski definition) is 1. The van der Waals surface area contributed by atoms with Gasteiger partial charge in [0.1, 0.15) is 57.4 Å². The monoisotopic (exact) mass is 987 g/mol. The number of aromatic nitrogens is 1. The van der Waals surface area contributed by atoms with Crippen molar-refractivity contribution in [3.63, 3.8) is 0 Å². The molecule has 1 heterocycles. The molecule has 1 nitrogen and oxygen atoms in total. The predicted octanol–water partition coefficient (Wildman–Crippen LogP) is 11.1. The van der Waals surface area contributed by atoms with Crippen molar-refractivity contribution in [2.75, 3.05) is 0 Å². The molecule has 0 bridgehead atoms. The zero-order valence-electron chi connectivity index (χ0n) is 33.0. The number of benzene rings is 6. The van der Waals surface area contributed by atoms with Crippen LogP contribution in [0.15, 0.2) is 54.6 Å². The molecule has 1 aliphatic rings. The van der Waals surface area contributed by atoms with E-state index in [0.717, 1.165) is 12.5 Å². The predicted molar refractivity (Wildman–Crippen MR) is 203 cm³/mol. The molecule has 8 rings (SSSR count). The minimum absolute atomic E-state index is 0.759. The molecule has 0 amide bonds. The lowest BCUT2D eigenvalue weighted by atomic mass is 9.12. The summed E-state index contributed by atoms with van der Waals surface area (Å²) in [5.74, 6) is -70.6. The Labute approximate surface area is 367 Å². The fourth-order valence-electron chi connectivity index (χ4n) is 8.51. The van der Waals surface area contributed by atoms with Gasteiger partial charge in [-0.25, -0.2) is 87.8 Å². The first-order valence-electron chi connectivity index (χ1n) is 19.3. The number of para-hydroxylation sites is 1. The highest BCUT2D eigenvalue weighted by Crippen LogP contribution is 2.36.